The minimum atomic E-state index is 0.365. The molecule has 1 aromatic rings. The van der Waals surface area contributed by atoms with Crippen LogP contribution in [-0.2, 0) is 0 Å². The molecule has 1 N–H and O–H groups in total. The van der Waals surface area contributed by atoms with Gasteiger partial charge in [-0.05, 0) is 20.8 Å². The SMILES string of the molecule is CCOc1cc(NC(C)C)ncn1. The standard InChI is InChI=1S/C9H15N3O/c1-4-13-9-5-8(10-6-11-9)12-7(2)3/h5-7H,4H2,1-3H3,(H,10,11,12). The molecule has 0 amide bonds. The highest BCUT2D eigenvalue weighted by molar-refractivity contribution is 5.37. The summed E-state index contributed by atoms with van der Waals surface area (Å²) in [5, 5.41) is 3.17. The Morgan fingerprint density at radius 2 is 2.23 bits per heavy atom. The molecule has 1 aromatic heterocycles. The van der Waals surface area contributed by atoms with Gasteiger partial charge in [0, 0.05) is 12.1 Å². The molecule has 0 aliphatic rings. The van der Waals surface area contributed by atoms with Gasteiger partial charge in [0.25, 0.3) is 0 Å². The predicted octanol–water partition coefficient (Wildman–Crippen LogP) is 1.70. The van der Waals surface area contributed by atoms with E-state index < -0.39 is 0 Å². The fourth-order valence-corrected chi connectivity index (χ4v) is 0.941. The lowest BCUT2D eigenvalue weighted by atomic mass is 10.4. The van der Waals surface area contributed by atoms with E-state index in [1.165, 1.54) is 6.33 Å². The zero-order valence-electron chi connectivity index (χ0n) is 8.24. The van der Waals surface area contributed by atoms with Crippen LogP contribution in [0.5, 0.6) is 5.88 Å². The quantitative estimate of drug-likeness (QED) is 0.768. The fourth-order valence-electron chi connectivity index (χ4n) is 0.941. The monoisotopic (exact) mass is 181 g/mol. The van der Waals surface area contributed by atoms with Gasteiger partial charge in [-0.25, -0.2) is 9.97 Å². The van der Waals surface area contributed by atoms with E-state index in [0.717, 1.165) is 5.82 Å². The van der Waals surface area contributed by atoms with Crippen LogP contribution in [0.25, 0.3) is 0 Å². The topological polar surface area (TPSA) is 47.0 Å². The van der Waals surface area contributed by atoms with E-state index in [9.17, 15) is 0 Å². The molecule has 4 heteroatoms. The summed E-state index contributed by atoms with van der Waals surface area (Å²) in [5.74, 6) is 1.41. The molecular formula is C9H15N3O. The number of ether oxygens (including phenoxy) is 1. The van der Waals surface area contributed by atoms with Crippen LogP contribution in [-0.4, -0.2) is 22.6 Å². The maximum absolute atomic E-state index is 5.24. The van der Waals surface area contributed by atoms with Crippen LogP contribution in [0, 0.1) is 0 Å². The van der Waals surface area contributed by atoms with Crippen molar-refractivity contribution in [1.29, 1.82) is 0 Å². The highest BCUT2D eigenvalue weighted by Gasteiger charge is 1.99. The van der Waals surface area contributed by atoms with Crippen LogP contribution in [0.3, 0.4) is 0 Å². The molecule has 0 spiro atoms. The summed E-state index contributed by atoms with van der Waals surface area (Å²) in [6.07, 6.45) is 1.50. The van der Waals surface area contributed by atoms with E-state index in [1.54, 1.807) is 6.07 Å². The van der Waals surface area contributed by atoms with Gasteiger partial charge >= 0.3 is 0 Å². The van der Waals surface area contributed by atoms with E-state index >= 15 is 0 Å². The fraction of sp³-hybridized carbons (Fsp3) is 0.556. The molecule has 0 aliphatic carbocycles. The zero-order valence-corrected chi connectivity index (χ0v) is 8.24. The molecular weight excluding hydrogens is 166 g/mol. The Morgan fingerprint density at radius 3 is 2.85 bits per heavy atom. The second kappa shape index (κ2) is 4.64. The summed E-state index contributed by atoms with van der Waals surface area (Å²) in [6.45, 7) is 6.67. The van der Waals surface area contributed by atoms with Gasteiger partial charge in [-0.3, -0.25) is 0 Å². The Hall–Kier alpha value is -1.32. The molecule has 0 saturated heterocycles. The summed E-state index contributed by atoms with van der Waals surface area (Å²) in [5.41, 5.74) is 0. The van der Waals surface area contributed by atoms with Crippen molar-refractivity contribution in [2.75, 3.05) is 11.9 Å². The van der Waals surface area contributed by atoms with Crippen molar-refractivity contribution < 1.29 is 4.74 Å². The highest BCUT2D eigenvalue weighted by Crippen LogP contribution is 2.11. The highest BCUT2D eigenvalue weighted by atomic mass is 16.5. The molecule has 4 nitrogen and oxygen atoms in total. The third kappa shape index (κ3) is 3.27. The average molecular weight is 181 g/mol. The molecule has 0 unspecified atom stereocenters. The normalized spacial score (nSPS) is 10.2. The van der Waals surface area contributed by atoms with Crippen molar-refractivity contribution >= 4 is 5.82 Å². The van der Waals surface area contributed by atoms with Crippen molar-refractivity contribution in [2.24, 2.45) is 0 Å². The second-order valence-electron chi connectivity index (χ2n) is 2.97. The third-order valence-electron chi connectivity index (χ3n) is 1.37. The van der Waals surface area contributed by atoms with E-state index in [4.69, 9.17) is 4.74 Å². The smallest absolute Gasteiger partial charge is 0.218 e. The Morgan fingerprint density at radius 1 is 1.46 bits per heavy atom. The molecule has 0 aliphatic heterocycles. The summed E-state index contributed by atoms with van der Waals surface area (Å²) >= 11 is 0. The van der Waals surface area contributed by atoms with Crippen LogP contribution in [0.1, 0.15) is 20.8 Å². The van der Waals surface area contributed by atoms with Gasteiger partial charge in [0.2, 0.25) is 5.88 Å². The minimum Gasteiger partial charge on any atom is -0.478 e. The van der Waals surface area contributed by atoms with Gasteiger partial charge < -0.3 is 10.1 Å². The Balaban J connectivity index is 2.67. The lowest BCUT2D eigenvalue weighted by Gasteiger charge is -2.09. The van der Waals surface area contributed by atoms with Crippen molar-refractivity contribution in [3.63, 3.8) is 0 Å². The number of nitrogens with one attached hydrogen (secondary N) is 1. The van der Waals surface area contributed by atoms with Crippen molar-refractivity contribution in [3.05, 3.63) is 12.4 Å². The van der Waals surface area contributed by atoms with Crippen molar-refractivity contribution in [1.82, 2.24) is 9.97 Å². The molecule has 1 heterocycles. The Labute approximate surface area is 78.4 Å². The van der Waals surface area contributed by atoms with Crippen LogP contribution in [0.4, 0.5) is 5.82 Å². The van der Waals surface area contributed by atoms with E-state index in [1.807, 2.05) is 6.92 Å². The number of anilines is 1. The van der Waals surface area contributed by atoms with E-state index in [2.05, 4.69) is 29.1 Å². The van der Waals surface area contributed by atoms with E-state index in [0.29, 0.717) is 18.5 Å². The average Bonchev–Trinajstić information content (AvgIpc) is 2.04. The number of aromatic nitrogens is 2. The first-order chi connectivity index (χ1) is 6.22. The van der Waals surface area contributed by atoms with Gasteiger partial charge in [0.05, 0.1) is 6.61 Å². The van der Waals surface area contributed by atoms with Crippen molar-refractivity contribution in [2.45, 2.75) is 26.8 Å². The number of hydrogen-bond acceptors (Lipinski definition) is 4. The third-order valence-corrected chi connectivity index (χ3v) is 1.37. The summed E-state index contributed by atoms with van der Waals surface area (Å²) in [4.78, 5) is 8.02. The molecule has 0 bridgehead atoms. The first-order valence-corrected chi connectivity index (χ1v) is 4.43. The zero-order chi connectivity index (χ0) is 9.68. The van der Waals surface area contributed by atoms with Crippen molar-refractivity contribution in [3.8, 4) is 5.88 Å². The van der Waals surface area contributed by atoms with E-state index in [-0.39, 0.29) is 0 Å². The molecule has 0 radical (unpaired) electrons. The minimum absolute atomic E-state index is 0.365. The second-order valence-corrected chi connectivity index (χ2v) is 2.97. The molecule has 0 saturated carbocycles. The number of rotatable bonds is 4. The molecule has 72 valence electrons. The first-order valence-electron chi connectivity index (χ1n) is 4.43. The van der Waals surface area contributed by atoms with Gasteiger partial charge in [-0.15, -0.1) is 0 Å². The molecule has 13 heavy (non-hydrogen) atoms. The molecule has 1 rings (SSSR count). The summed E-state index contributed by atoms with van der Waals surface area (Å²) < 4.78 is 5.24. The van der Waals surface area contributed by atoms with Gasteiger partial charge in [-0.2, -0.15) is 0 Å². The van der Waals surface area contributed by atoms with Gasteiger partial charge in [0.15, 0.2) is 0 Å². The maximum Gasteiger partial charge on any atom is 0.218 e. The first kappa shape index (κ1) is 9.77. The van der Waals surface area contributed by atoms with Crippen LogP contribution < -0.4 is 10.1 Å². The number of nitrogens with zero attached hydrogens (tertiary/aromatic N) is 2. The molecule has 0 aromatic carbocycles. The summed E-state index contributed by atoms with van der Waals surface area (Å²) in [6, 6.07) is 2.16. The Kier molecular flexibility index (Phi) is 3.49. The van der Waals surface area contributed by atoms with Gasteiger partial charge in [-0.1, -0.05) is 0 Å². The lowest BCUT2D eigenvalue weighted by Crippen LogP contribution is -2.11. The van der Waals surface area contributed by atoms with Crippen LogP contribution >= 0.6 is 0 Å². The molecule has 0 atom stereocenters. The largest absolute Gasteiger partial charge is 0.478 e. The molecule has 0 fully saturated rings. The van der Waals surface area contributed by atoms with Gasteiger partial charge in [0.1, 0.15) is 12.1 Å². The number of hydrogen-bond donors (Lipinski definition) is 1. The van der Waals surface area contributed by atoms with Crippen LogP contribution in [0.2, 0.25) is 0 Å². The lowest BCUT2D eigenvalue weighted by molar-refractivity contribution is 0.326. The summed E-state index contributed by atoms with van der Waals surface area (Å²) in [7, 11) is 0. The Bertz CT molecular complexity index is 263. The maximum atomic E-state index is 5.24. The predicted molar refractivity (Wildman–Crippen MR) is 52.0 cm³/mol. The van der Waals surface area contributed by atoms with Crippen LogP contribution in [0.15, 0.2) is 12.4 Å².